The summed E-state index contributed by atoms with van der Waals surface area (Å²) >= 11 is 3.37. The van der Waals surface area contributed by atoms with Gasteiger partial charge in [-0.25, -0.2) is 23.1 Å². The maximum Gasteiger partial charge on any atom is 0.424 e. The lowest BCUT2D eigenvalue weighted by atomic mass is 10.2. The molecular weight excluding hydrogens is 669 g/mol. The molecule has 0 unspecified atom stereocenters. The van der Waals surface area contributed by atoms with E-state index in [4.69, 9.17) is 14.6 Å². The average molecular weight is 702 g/mol. The monoisotopic (exact) mass is 700 g/mol. The summed E-state index contributed by atoms with van der Waals surface area (Å²) in [5, 5.41) is 8.28. The van der Waals surface area contributed by atoms with E-state index in [1.54, 1.807) is 41.5 Å². The summed E-state index contributed by atoms with van der Waals surface area (Å²) in [5.74, 6) is 5.49. The highest BCUT2D eigenvalue weighted by Crippen LogP contribution is 2.38. The molecule has 15 heteroatoms. The van der Waals surface area contributed by atoms with E-state index in [9.17, 15) is 31.2 Å². The van der Waals surface area contributed by atoms with E-state index in [1.165, 1.54) is 42.5 Å². The molecule has 0 radical (unpaired) electrons. The third-order valence-corrected chi connectivity index (χ3v) is 7.27. The zero-order valence-electron chi connectivity index (χ0n) is 24.8. The molecule has 0 aliphatic carbocycles. The van der Waals surface area contributed by atoms with Gasteiger partial charge in [0.25, 0.3) is 0 Å². The minimum Gasteiger partial charge on any atom is -0.443 e. The molecule has 0 saturated heterocycles. The van der Waals surface area contributed by atoms with Gasteiger partial charge in [-0.2, -0.15) is 18.1 Å². The molecule has 3 aromatic rings. The number of hydrogen-bond acceptors (Lipinski definition) is 7. The summed E-state index contributed by atoms with van der Waals surface area (Å²) < 4.78 is 75.7. The number of aromatic nitrogens is 1. The van der Waals surface area contributed by atoms with Crippen LogP contribution in [0.1, 0.15) is 47.2 Å². The van der Waals surface area contributed by atoms with Gasteiger partial charge in [0, 0.05) is 11.1 Å². The van der Waals surface area contributed by atoms with Crippen molar-refractivity contribution in [2.24, 2.45) is 5.14 Å². The Morgan fingerprint density at radius 3 is 2.00 bits per heavy atom. The molecule has 3 rings (SSSR count). The Morgan fingerprint density at radius 1 is 0.977 bits per heavy atom. The highest BCUT2D eigenvalue weighted by atomic mass is 79.9. The minimum atomic E-state index is -4.59. The molecule has 10 nitrogen and oxygen atoms in total. The lowest BCUT2D eigenvalue weighted by Gasteiger charge is -2.29. The molecule has 238 valence electrons. The third-order valence-electron chi connectivity index (χ3n) is 5.51. The Kier molecular flexibility index (Phi) is 10.0. The van der Waals surface area contributed by atoms with Crippen LogP contribution >= 0.6 is 15.9 Å². The first kappa shape index (κ1) is 34.7. The third kappa shape index (κ3) is 9.38. The van der Waals surface area contributed by atoms with Crippen molar-refractivity contribution in [3.8, 4) is 11.8 Å². The maximum atomic E-state index is 13.6. The van der Waals surface area contributed by atoms with Crippen molar-refractivity contribution < 1.29 is 40.7 Å². The Labute approximate surface area is 261 Å². The molecule has 2 aromatic carbocycles. The van der Waals surface area contributed by atoms with E-state index in [-0.39, 0.29) is 38.2 Å². The summed E-state index contributed by atoms with van der Waals surface area (Å²) in [6.07, 6.45) is -6.66. The SMILES string of the molecule is CC(C)(C)OC(=O)N(C(=O)OC(C)(C)C)c1ccc2c(cc(C#CCNc3ccc(S(N)(=O)=O)cc3)n2CC(F)(F)F)c1Br. The fraction of sp³-hybridized carbons (Fsp3) is 0.379. The Bertz CT molecular complexity index is 1700. The van der Waals surface area contributed by atoms with Crippen LogP contribution in [-0.4, -0.2) is 49.1 Å². The summed E-state index contributed by atoms with van der Waals surface area (Å²) in [5.41, 5.74) is -1.27. The van der Waals surface area contributed by atoms with Crippen molar-refractivity contribution >= 4 is 60.4 Å². The number of nitrogens with zero attached hydrogens (tertiary/aromatic N) is 2. The zero-order chi connectivity index (χ0) is 33.3. The van der Waals surface area contributed by atoms with Gasteiger partial charge in [-0.3, -0.25) is 0 Å². The fourth-order valence-electron chi connectivity index (χ4n) is 3.84. The molecule has 0 spiro atoms. The number of rotatable bonds is 5. The van der Waals surface area contributed by atoms with Gasteiger partial charge >= 0.3 is 18.4 Å². The van der Waals surface area contributed by atoms with Crippen LogP contribution in [0.5, 0.6) is 0 Å². The lowest BCUT2D eigenvalue weighted by molar-refractivity contribution is -0.140. The van der Waals surface area contributed by atoms with E-state index in [0.29, 0.717) is 10.6 Å². The van der Waals surface area contributed by atoms with Crippen LogP contribution in [0.15, 0.2) is 51.8 Å². The van der Waals surface area contributed by atoms with E-state index in [2.05, 4.69) is 33.1 Å². The molecule has 2 amide bonds. The van der Waals surface area contributed by atoms with E-state index in [1.807, 2.05) is 0 Å². The fourth-order valence-corrected chi connectivity index (χ4v) is 4.99. The number of benzene rings is 2. The minimum absolute atomic E-state index is 0.00530. The Morgan fingerprint density at radius 2 is 1.52 bits per heavy atom. The van der Waals surface area contributed by atoms with E-state index in [0.717, 1.165) is 4.57 Å². The predicted octanol–water partition coefficient (Wildman–Crippen LogP) is 6.75. The number of sulfonamides is 1. The summed E-state index contributed by atoms with van der Waals surface area (Å²) in [7, 11) is -3.86. The van der Waals surface area contributed by atoms with Crippen molar-refractivity contribution in [3.05, 3.63) is 52.6 Å². The van der Waals surface area contributed by atoms with Crippen molar-refractivity contribution in [2.45, 2.75) is 70.4 Å². The van der Waals surface area contributed by atoms with Crippen LogP contribution in [0.2, 0.25) is 0 Å². The second kappa shape index (κ2) is 12.7. The number of primary sulfonamides is 1. The first-order valence-electron chi connectivity index (χ1n) is 13.1. The summed E-state index contributed by atoms with van der Waals surface area (Å²) in [6, 6.07) is 9.63. The Hall–Kier alpha value is -3.74. The molecule has 3 N–H and O–H groups in total. The first-order valence-corrected chi connectivity index (χ1v) is 15.4. The predicted molar refractivity (Wildman–Crippen MR) is 164 cm³/mol. The normalized spacial score (nSPS) is 12.3. The number of fused-ring (bicyclic) bond motifs is 1. The number of carbonyl (C=O) groups is 2. The molecule has 0 aliphatic rings. The molecular formula is C29H32BrF3N4O6S. The number of nitrogens with two attached hydrogens (primary N) is 1. The summed E-state index contributed by atoms with van der Waals surface area (Å²) in [6.45, 7) is 8.37. The highest BCUT2D eigenvalue weighted by molar-refractivity contribution is 9.10. The number of ether oxygens (including phenoxy) is 2. The van der Waals surface area contributed by atoms with Gasteiger partial charge in [0.05, 0.1) is 32.8 Å². The Balaban J connectivity index is 2.04. The standard InChI is InChI=1S/C29H32BrF3N4O6S/c1-27(2,3)42-25(38)37(26(39)43-28(4,5)6)23-14-13-22-21(24(23)30)16-19(36(22)17-29(31,32)33)8-7-15-35-18-9-11-20(12-10-18)44(34,40)41/h9-14,16,35H,15,17H2,1-6H3,(H2,34,40,41). The van der Waals surface area contributed by atoms with Crippen molar-refractivity contribution in [2.75, 3.05) is 16.8 Å². The molecule has 0 saturated carbocycles. The van der Waals surface area contributed by atoms with Crippen LogP contribution in [0.25, 0.3) is 10.9 Å². The zero-order valence-corrected chi connectivity index (χ0v) is 27.2. The van der Waals surface area contributed by atoms with Gasteiger partial charge in [-0.1, -0.05) is 5.92 Å². The number of nitrogens with one attached hydrogen (secondary N) is 1. The van der Waals surface area contributed by atoms with Gasteiger partial charge in [-0.05, 0) is 106 Å². The van der Waals surface area contributed by atoms with Crippen LogP contribution < -0.4 is 15.4 Å². The lowest BCUT2D eigenvalue weighted by Crippen LogP contribution is -2.44. The molecule has 1 heterocycles. The van der Waals surface area contributed by atoms with E-state index >= 15 is 0 Å². The number of amides is 2. The molecule has 44 heavy (non-hydrogen) atoms. The van der Waals surface area contributed by atoms with Crippen LogP contribution in [-0.2, 0) is 26.0 Å². The van der Waals surface area contributed by atoms with Gasteiger partial charge < -0.3 is 19.4 Å². The van der Waals surface area contributed by atoms with Crippen LogP contribution in [0, 0.1) is 11.8 Å². The highest BCUT2D eigenvalue weighted by Gasteiger charge is 2.35. The number of hydrogen-bond donors (Lipinski definition) is 2. The van der Waals surface area contributed by atoms with Gasteiger partial charge in [0.2, 0.25) is 10.0 Å². The van der Waals surface area contributed by atoms with Crippen LogP contribution in [0.4, 0.5) is 34.1 Å². The second-order valence-corrected chi connectivity index (χ2v) is 13.9. The van der Waals surface area contributed by atoms with Gasteiger partial charge in [0.15, 0.2) is 0 Å². The molecule has 0 aliphatic heterocycles. The van der Waals surface area contributed by atoms with Crippen LogP contribution in [0.3, 0.4) is 0 Å². The molecule has 1 aromatic heterocycles. The summed E-state index contributed by atoms with van der Waals surface area (Å²) in [4.78, 5) is 26.9. The maximum absolute atomic E-state index is 13.6. The van der Waals surface area contributed by atoms with Crippen molar-refractivity contribution in [3.63, 3.8) is 0 Å². The molecule has 0 atom stereocenters. The van der Waals surface area contributed by atoms with E-state index < -0.39 is 46.1 Å². The molecule has 0 fully saturated rings. The number of carbonyl (C=O) groups excluding carboxylic acids is 2. The largest absolute Gasteiger partial charge is 0.443 e. The first-order chi connectivity index (χ1) is 20.1. The topological polar surface area (TPSA) is 133 Å². The van der Waals surface area contributed by atoms with Gasteiger partial charge in [-0.15, -0.1) is 0 Å². The second-order valence-electron chi connectivity index (χ2n) is 11.6. The molecule has 0 bridgehead atoms. The number of anilines is 2. The quantitative estimate of drug-likeness (QED) is 0.281. The van der Waals surface area contributed by atoms with Crippen molar-refractivity contribution in [1.29, 1.82) is 0 Å². The number of halogens is 4. The van der Waals surface area contributed by atoms with Gasteiger partial charge in [0.1, 0.15) is 17.7 Å². The number of imide groups is 1. The average Bonchev–Trinajstić information content (AvgIpc) is 3.17. The van der Waals surface area contributed by atoms with Crippen molar-refractivity contribution in [1.82, 2.24) is 4.57 Å². The number of alkyl halides is 3. The smallest absolute Gasteiger partial charge is 0.424 e.